The van der Waals surface area contributed by atoms with Crippen LogP contribution in [0.1, 0.15) is 54.5 Å². The summed E-state index contributed by atoms with van der Waals surface area (Å²) in [6.07, 6.45) is 0.279. The zero-order valence-corrected chi connectivity index (χ0v) is 18.9. The number of aryl methyl sites for hydroxylation is 1. The van der Waals surface area contributed by atoms with E-state index in [-0.39, 0.29) is 23.4 Å². The molecule has 11 heteroatoms. The summed E-state index contributed by atoms with van der Waals surface area (Å²) in [6, 6.07) is 10.3. The Morgan fingerprint density at radius 3 is 2.53 bits per heavy atom. The first-order valence-electron chi connectivity index (χ1n) is 11.2. The second-order valence-corrected chi connectivity index (χ2v) is 8.70. The molecule has 0 radical (unpaired) electrons. The number of likely N-dealkylation sites (N-methyl/N-ethyl adjacent to an activating group) is 1. The third-order valence-electron chi connectivity index (χ3n) is 6.36. The Labute approximate surface area is 194 Å². The Bertz CT molecular complexity index is 1050. The minimum absolute atomic E-state index is 0.0890. The van der Waals surface area contributed by atoms with E-state index < -0.39 is 12.1 Å². The average Bonchev–Trinajstić information content (AvgIpc) is 3.24. The van der Waals surface area contributed by atoms with Crippen molar-refractivity contribution >= 4 is 11.9 Å². The van der Waals surface area contributed by atoms with Gasteiger partial charge in [0.1, 0.15) is 0 Å². The van der Waals surface area contributed by atoms with Crippen molar-refractivity contribution in [1.82, 2.24) is 20.0 Å². The smallest absolute Gasteiger partial charge is 0.475 e. The van der Waals surface area contributed by atoms with Crippen molar-refractivity contribution in [3.63, 3.8) is 0 Å². The van der Waals surface area contributed by atoms with Crippen LogP contribution in [0.4, 0.5) is 13.2 Å². The summed E-state index contributed by atoms with van der Waals surface area (Å²) in [5, 5.41) is 12.7. The van der Waals surface area contributed by atoms with Gasteiger partial charge in [-0.3, -0.25) is 19.6 Å². The molecular formula is C23H29F3N4O4. The van der Waals surface area contributed by atoms with Crippen molar-refractivity contribution in [3.05, 3.63) is 57.5 Å². The summed E-state index contributed by atoms with van der Waals surface area (Å²) in [6.45, 7) is 2.20. The van der Waals surface area contributed by atoms with Crippen LogP contribution in [0.5, 0.6) is 0 Å². The molecule has 1 aliphatic carbocycles. The minimum atomic E-state index is -5.08. The van der Waals surface area contributed by atoms with Crippen LogP contribution in [-0.2, 0) is 16.0 Å². The first kappa shape index (κ1) is 25.5. The van der Waals surface area contributed by atoms with Gasteiger partial charge in [0.05, 0.1) is 12.6 Å². The highest BCUT2D eigenvalue weighted by Crippen LogP contribution is 2.33. The summed E-state index contributed by atoms with van der Waals surface area (Å²) in [7, 11) is 1.94. The number of carboxylic acids is 1. The zero-order valence-electron chi connectivity index (χ0n) is 18.9. The Balaban J connectivity index is 0.000000406. The molecule has 8 nitrogen and oxygen atoms in total. The number of fused-ring (bicyclic) bond motifs is 1. The van der Waals surface area contributed by atoms with Gasteiger partial charge in [-0.15, -0.1) is 0 Å². The van der Waals surface area contributed by atoms with Crippen LogP contribution < -0.4 is 5.56 Å². The molecule has 0 spiro atoms. The molecule has 34 heavy (non-hydrogen) atoms. The lowest BCUT2D eigenvalue weighted by atomic mass is 9.87. The van der Waals surface area contributed by atoms with Crippen LogP contribution in [-0.4, -0.2) is 69.8 Å². The predicted octanol–water partition coefficient (Wildman–Crippen LogP) is 3.05. The molecular weight excluding hydrogens is 453 g/mol. The molecule has 0 bridgehead atoms. The number of amides is 1. The van der Waals surface area contributed by atoms with E-state index in [1.807, 2.05) is 11.9 Å². The SMILES string of the molecule is CN(C(=O)CN1CCCC(c2cc(=O)[nH][nH]2)C1)C1CCCc2ccccc21.O=C(O)C(F)(F)F. The molecule has 1 aromatic heterocycles. The van der Waals surface area contributed by atoms with Crippen LogP contribution in [0.15, 0.2) is 35.1 Å². The molecule has 1 amide bonds. The molecule has 1 saturated heterocycles. The van der Waals surface area contributed by atoms with Gasteiger partial charge in [0.2, 0.25) is 5.91 Å². The monoisotopic (exact) mass is 482 g/mol. The number of aromatic amines is 2. The molecule has 1 aromatic carbocycles. The van der Waals surface area contributed by atoms with Gasteiger partial charge in [-0.05, 0) is 49.8 Å². The molecule has 4 rings (SSSR count). The number of likely N-dealkylation sites (tertiary alicyclic amines) is 1. The lowest BCUT2D eigenvalue weighted by Crippen LogP contribution is -2.44. The molecule has 2 aromatic rings. The second-order valence-electron chi connectivity index (χ2n) is 8.70. The van der Waals surface area contributed by atoms with E-state index in [0.717, 1.165) is 50.9 Å². The lowest BCUT2D eigenvalue weighted by molar-refractivity contribution is -0.192. The fourth-order valence-corrected chi connectivity index (χ4v) is 4.63. The van der Waals surface area contributed by atoms with E-state index >= 15 is 0 Å². The maximum atomic E-state index is 13.0. The highest BCUT2D eigenvalue weighted by Gasteiger charge is 2.38. The molecule has 0 saturated carbocycles. The van der Waals surface area contributed by atoms with Gasteiger partial charge in [0.15, 0.2) is 0 Å². The Morgan fingerprint density at radius 2 is 1.88 bits per heavy atom. The molecule has 1 fully saturated rings. The standard InChI is InChI=1S/C21H28N4O2.C2HF3O2/c1-24(19-10-4-7-15-6-2-3-9-17(15)19)21(27)14-25-11-5-8-16(13-25)18-12-20(26)23-22-18;3-2(4,5)1(6)7/h2-3,6,9,12,16,19H,4-5,7-8,10-11,13-14H2,1H3,(H2,22,23,26);(H,6,7). The molecule has 186 valence electrons. The van der Waals surface area contributed by atoms with Gasteiger partial charge >= 0.3 is 12.1 Å². The Morgan fingerprint density at radius 1 is 1.18 bits per heavy atom. The number of alkyl halides is 3. The number of aromatic nitrogens is 2. The molecule has 1 aliphatic heterocycles. The normalized spacial score (nSPS) is 20.6. The lowest BCUT2D eigenvalue weighted by Gasteiger charge is -2.36. The second kappa shape index (κ2) is 10.9. The van der Waals surface area contributed by atoms with Crippen molar-refractivity contribution in [1.29, 1.82) is 0 Å². The van der Waals surface area contributed by atoms with Crippen molar-refractivity contribution < 1.29 is 27.9 Å². The van der Waals surface area contributed by atoms with Crippen LogP contribution in [0.3, 0.4) is 0 Å². The van der Waals surface area contributed by atoms with E-state index in [9.17, 15) is 22.8 Å². The number of nitrogens with one attached hydrogen (secondary N) is 2. The fourth-order valence-electron chi connectivity index (χ4n) is 4.63. The van der Waals surface area contributed by atoms with Gasteiger partial charge in [-0.25, -0.2) is 4.79 Å². The number of hydrogen-bond donors (Lipinski definition) is 3. The Kier molecular flexibility index (Phi) is 8.19. The van der Waals surface area contributed by atoms with E-state index in [2.05, 4.69) is 39.4 Å². The van der Waals surface area contributed by atoms with Gasteiger partial charge in [0.25, 0.3) is 5.56 Å². The predicted molar refractivity (Wildman–Crippen MR) is 118 cm³/mol. The number of halogens is 3. The van der Waals surface area contributed by atoms with Crippen LogP contribution in [0.25, 0.3) is 0 Å². The van der Waals surface area contributed by atoms with E-state index in [1.165, 1.54) is 11.1 Å². The number of H-pyrrole nitrogens is 2. The topological polar surface area (TPSA) is 110 Å². The highest BCUT2D eigenvalue weighted by molar-refractivity contribution is 5.78. The molecule has 2 aliphatic rings. The maximum Gasteiger partial charge on any atom is 0.490 e. The molecule has 2 unspecified atom stereocenters. The number of carbonyl (C=O) groups is 2. The maximum absolute atomic E-state index is 13.0. The number of nitrogens with zero attached hydrogens (tertiary/aromatic N) is 2. The van der Waals surface area contributed by atoms with Crippen LogP contribution in [0, 0.1) is 0 Å². The third kappa shape index (κ3) is 6.49. The number of benzene rings is 1. The largest absolute Gasteiger partial charge is 0.490 e. The average molecular weight is 483 g/mol. The van der Waals surface area contributed by atoms with Gasteiger partial charge < -0.3 is 15.1 Å². The summed E-state index contributed by atoms with van der Waals surface area (Å²) >= 11 is 0. The first-order chi connectivity index (χ1) is 16.1. The fraction of sp³-hybridized carbons (Fsp3) is 0.522. The van der Waals surface area contributed by atoms with Crippen molar-refractivity contribution in [2.24, 2.45) is 0 Å². The number of rotatable bonds is 4. The number of carboxylic acid groups (broad SMARTS) is 1. The number of hydrogen-bond acceptors (Lipinski definition) is 4. The zero-order chi connectivity index (χ0) is 24.9. The number of piperidine rings is 1. The number of aliphatic carboxylic acids is 1. The van der Waals surface area contributed by atoms with Crippen LogP contribution >= 0.6 is 0 Å². The van der Waals surface area contributed by atoms with Crippen molar-refractivity contribution in [2.75, 3.05) is 26.7 Å². The highest BCUT2D eigenvalue weighted by atomic mass is 19.4. The van der Waals surface area contributed by atoms with Gasteiger partial charge in [0, 0.05) is 31.3 Å². The van der Waals surface area contributed by atoms with Crippen LogP contribution in [0.2, 0.25) is 0 Å². The van der Waals surface area contributed by atoms with E-state index in [1.54, 1.807) is 6.07 Å². The first-order valence-corrected chi connectivity index (χ1v) is 11.2. The molecule has 2 atom stereocenters. The van der Waals surface area contributed by atoms with Gasteiger partial charge in [-0.1, -0.05) is 24.3 Å². The summed E-state index contributed by atoms with van der Waals surface area (Å²) in [4.78, 5) is 37.5. The molecule has 3 N–H and O–H groups in total. The summed E-state index contributed by atoms with van der Waals surface area (Å²) in [5.41, 5.74) is 3.55. The Hall–Kier alpha value is -3.08. The van der Waals surface area contributed by atoms with E-state index in [0.29, 0.717) is 6.54 Å². The number of carbonyl (C=O) groups excluding carboxylic acids is 1. The molecule has 2 heterocycles. The summed E-state index contributed by atoms with van der Waals surface area (Å²) in [5.74, 6) is -2.29. The van der Waals surface area contributed by atoms with Crippen molar-refractivity contribution in [2.45, 2.75) is 50.2 Å². The van der Waals surface area contributed by atoms with Gasteiger partial charge in [-0.2, -0.15) is 13.2 Å². The third-order valence-corrected chi connectivity index (χ3v) is 6.36. The quantitative estimate of drug-likeness (QED) is 0.621. The van der Waals surface area contributed by atoms with Crippen molar-refractivity contribution in [3.8, 4) is 0 Å². The minimum Gasteiger partial charge on any atom is -0.475 e. The van der Waals surface area contributed by atoms with E-state index in [4.69, 9.17) is 9.90 Å². The summed E-state index contributed by atoms with van der Waals surface area (Å²) < 4.78 is 31.7.